The van der Waals surface area contributed by atoms with Gasteiger partial charge in [-0.1, -0.05) is 0 Å². The van der Waals surface area contributed by atoms with E-state index in [1.807, 2.05) is 0 Å². The summed E-state index contributed by atoms with van der Waals surface area (Å²) in [7, 11) is 0. The number of amides is 4. The van der Waals surface area contributed by atoms with Crippen LogP contribution in [0.1, 0.15) is 0 Å². The van der Waals surface area contributed by atoms with Crippen LogP contribution in [0.3, 0.4) is 0 Å². The summed E-state index contributed by atoms with van der Waals surface area (Å²) in [5, 5.41) is 10.7. The van der Waals surface area contributed by atoms with Gasteiger partial charge in [-0.25, -0.2) is 9.59 Å². The Balaban J connectivity index is 1.51. The second-order valence-electron chi connectivity index (χ2n) is 5.22. The minimum Gasteiger partial charge on any atom is -0.308 e. The summed E-state index contributed by atoms with van der Waals surface area (Å²) in [4.78, 5) is 31.7. The summed E-state index contributed by atoms with van der Waals surface area (Å²) >= 11 is 0. The number of hydrogen-bond acceptors (Lipinski definition) is 4. The number of benzene rings is 1. The van der Waals surface area contributed by atoms with Gasteiger partial charge in [0.05, 0.1) is 23.8 Å². The Hall–Kier alpha value is -3.94. The minimum atomic E-state index is -0.381. The molecule has 2 heterocycles. The fourth-order valence-electron chi connectivity index (χ4n) is 2.10. The third kappa shape index (κ3) is 5.03. The number of carbonyl (C=O) groups is 2. The van der Waals surface area contributed by atoms with E-state index in [0.717, 1.165) is 0 Å². The van der Waals surface area contributed by atoms with Gasteiger partial charge < -0.3 is 21.3 Å². The molecule has 0 fully saturated rings. The van der Waals surface area contributed by atoms with E-state index < -0.39 is 0 Å². The van der Waals surface area contributed by atoms with Gasteiger partial charge in [-0.3, -0.25) is 9.97 Å². The molecule has 4 N–H and O–H groups in total. The van der Waals surface area contributed by atoms with Crippen molar-refractivity contribution in [3.05, 3.63) is 73.3 Å². The molecule has 0 saturated carbocycles. The molecule has 3 aromatic rings. The summed E-state index contributed by atoms with van der Waals surface area (Å²) < 4.78 is 0. The lowest BCUT2D eigenvalue weighted by atomic mass is 10.3. The van der Waals surface area contributed by atoms with E-state index in [-0.39, 0.29) is 12.1 Å². The summed E-state index contributed by atoms with van der Waals surface area (Å²) in [6.45, 7) is 0. The monoisotopic (exact) mass is 348 g/mol. The third-order valence-electron chi connectivity index (χ3n) is 3.24. The van der Waals surface area contributed by atoms with Gasteiger partial charge >= 0.3 is 12.1 Å². The van der Waals surface area contributed by atoms with Gasteiger partial charge in [0.2, 0.25) is 0 Å². The van der Waals surface area contributed by atoms with Crippen molar-refractivity contribution in [1.29, 1.82) is 0 Å². The molecule has 0 radical (unpaired) electrons. The van der Waals surface area contributed by atoms with Crippen LogP contribution in [0.4, 0.5) is 32.3 Å². The summed E-state index contributed by atoms with van der Waals surface area (Å²) in [5.41, 5.74) is 2.36. The topological polar surface area (TPSA) is 108 Å². The molecule has 2 aromatic heterocycles. The van der Waals surface area contributed by atoms with E-state index in [0.29, 0.717) is 22.7 Å². The molecule has 0 aliphatic rings. The number of urea groups is 2. The highest BCUT2D eigenvalue weighted by Gasteiger charge is 2.05. The first-order valence-corrected chi connectivity index (χ1v) is 7.75. The molecule has 0 aliphatic heterocycles. The lowest BCUT2D eigenvalue weighted by Gasteiger charge is -2.09. The number of anilines is 4. The number of nitrogens with one attached hydrogen (secondary N) is 4. The molecular formula is C18H16N6O2. The van der Waals surface area contributed by atoms with Crippen LogP contribution in [0.25, 0.3) is 0 Å². The van der Waals surface area contributed by atoms with Crippen LogP contribution in [0.15, 0.2) is 73.3 Å². The molecule has 0 bridgehead atoms. The minimum absolute atomic E-state index is 0.381. The SMILES string of the molecule is O=C(Nc1ccc(NC(=O)Nc2cccnc2)cc1)Nc1cccnc1. The molecule has 0 spiro atoms. The van der Waals surface area contributed by atoms with Crippen LogP contribution in [0.2, 0.25) is 0 Å². The largest absolute Gasteiger partial charge is 0.323 e. The van der Waals surface area contributed by atoms with E-state index in [9.17, 15) is 9.59 Å². The Bertz CT molecular complexity index is 795. The normalized spacial score (nSPS) is 9.85. The second-order valence-corrected chi connectivity index (χ2v) is 5.22. The summed E-state index contributed by atoms with van der Waals surface area (Å²) in [5.74, 6) is 0. The fraction of sp³-hybridized carbons (Fsp3) is 0. The number of hydrogen-bond donors (Lipinski definition) is 4. The maximum absolute atomic E-state index is 11.9. The highest BCUT2D eigenvalue weighted by molar-refractivity contribution is 6.01. The fourth-order valence-corrected chi connectivity index (χ4v) is 2.10. The van der Waals surface area contributed by atoms with Crippen molar-refractivity contribution in [2.24, 2.45) is 0 Å². The molecule has 8 nitrogen and oxygen atoms in total. The van der Waals surface area contributed by atoms with E-state index >= 15 is 0 Å². The maximum atomic E-state index is 11.9. The van der Waals surface area contributed by atoms with Crippen molar-refractivity contribution < 1.29 is 9.59 Å². The zero-order chi connectivity index (χ0) is 18.2. The Labute approximate surface area is 149 Å². The quantitative estimate of drug-likeness (QED) is 0.575. The molecule has 26 heavy (non-hydrogen) atoms. The van der Waals surface area contributed by atoms with Crippen molar-refractivity contribution in [3.8, 4) is 0 Å². The highest BCUT2D eigenvalue weighted by atomic mass is 16.2. The van der Waals surface area contributed by atoms with Crippen LogP contribution < -0.4 is 21.3 Å². The molecule has 0 unspecified atom stereocenters. The van der Waals surface area contributed by atoms with Crippen LogP contribution in [-0.2, 0) is 0 Å². The van der Waals surface area contributed by atoms with Crippen molar-refractivity contribution in [1.82, 2.24) is 9.97 Å². The number of nitrogens with zero attached hydrogens (tertiary/aromatic N) is 2. The van der Waals surface area contributed by atoms with Crippen LogP contribution >= 0.6 is 0 Å². The second kappa shape index (κ2) is 8.25. The van der Waals surface area contributed by atoms with Crippen LogP contribution in [0.5, 0.6) is 0 Å². The van der Waals surface area contributed by atoms with Gasteiger partial charge in [-0.2, -0.15) is 0 Å². The van der Waals surface area contributed by atoms with Gasteiger partial charge in [0.25, 0.3) is 0 Å². The number of carbonyl (C=O) groups excluding carboxylic acids is 2. The first kappa shape index (κ1) is 16.9. The van der Waals surface area contributed by atoms with Crippen molar-refractivity contribution in [3.63, 3.8) is 0 Å². The van der Waals surface area contributed by atoms with Gasteiger partial charge in [-0.15, -0.1) is 0 Å². The predicted octanol–water partition coefficient (Wildman–Crippen LogP) is 3.76. The lowest BCUT2D eigenvalue weighted by Crippen LogP contribution is -2.20. The predicted molar refractivity (Wildman–Crippen MR) is 100 cm³/mol. The molecule has 0 saturated heterocycles. The summed E-state index contributed by atoms with van der Waals surface area (Å²) in [6, 6.07) is 12.9. The van der Waals surface area contributed by atoms with Crippen molar-refractivity contribution in [2.75, 3.05) is 21.3 Å². The molecule has 3 rings (SSSR count). The Morgan fingerprint density at radius 3 is 1.31 bits per heavy atom. The zero-order valence-corrected chi connectivity index (χ0v) is 13.6. The van der Waals surface area contributed by atoms with E-state index in [1.165, 1.54) is 0 Å². The van der Waals surface area contributed by atoms with Crippen LogP contribution in [0, 0.1) is 0 Å². The molecule has 0 aliphatic carbocycles. The molecule has 130 valence electrons. The first-order valence-electron chi connectivity index (χ1n) is 7.75. The molecular weight excluding hydrogens is 332 g/mol. The zero-order valence-electron chi connectivity index (χ0n) is 13.6. The molecule has 0 atom stereocenters. The average molecular weight is 348 g/mol. The summed E-state index contributed by atoms with van der Waals surface area (Å²) in [6.07, 6.45) is 6.35. The van der Waals surface area contributed by atoms with Crippen molar-refractivity contribution in [2.45, 2.75) is 0 Å². The van der Waals surface area contributed by atoms with Gasteiger partial charge in [-0.05, 0) is 48.5 Å². The van der Waals surface area contributed by atoms with E-state index in [1.54, 1.807) is 73.3 Å². The third-order valence-corrected chi connectivity index (χ3v) is 3.24. The smallest absolute Gasteiger partial charge is 0.308 e. The average Bonchev–Trinajstić information content (AvgIpc) is 2.65. The van der Waals surface area contributed by atoms with Gasteiger partial charge in [0.1, 0.15) is 0 Å². The Morgan fingerprint density at radius 2 is 0.962 bits per heavy atom. The van der Waals surface area contributed by atoms with Gasteiger partial charge in [0.15, 0.2) is 0 Å². The van der Waals surface area contributed by atoms with E-state index in [4.69, 9.17) is 0 Å². The van der Waals surface area contributed by atoms with E-state index in [2.05, 4.69) is 31.2 Å². The Kier molecular flexibility index (Phi) is 5.36. The van der Waals surface area contributed by atoms with Gasteiger partial charge in [0, 0.05) is 23.8 Å². The Morgan fingerprint density at radius 1 is 0.577 bits per heavy atom. The maximum Gasteiger partial charge on any atom is 0.323 e. The standard InChI is InChI=1S/C18H16N6O2/c25-17(23-15-3-1-9-19-11-15)21-13-5-7-14(8-6-13)22-18(26)24-16-4-2-10-20-12-16/h1-12H,(H2,21,23,25)(H2,22,24,26). The molecule has 1 aromatic carbocycles. The lowest BCUT2D eigenvalue weighted by molar-refractivity contribution is 0.261. The first-order chi connectivity index (χ1) is 12.7. The number of aromatic nitrogens is 2. The molecule has 4 amide bonds. The molecule has 8 heteroatoms. The highest BCUT2D eigenvalue weighted by Crippen LogP contribution is 2.15. The number of rotatable bonds is 4. The van der Waals surface area contributed by atoms with Crippen LogP contribution in [-0.4, -0.2) is 22.0 Å². The van der Waals surface area contributed by atoms with Crippen molar-refractivity contribution >= 4 is 34.8 Å². The number of pyridine rings is 2.